The van der Waals surface area contributed by atoms with Gasteiger partial charge in [0.15, 0.2) is 0 Å². The summed E-state index contributed by atoms with van der Waals surface area (Å²) >= 11 is 0. The van der Waals surface area contributed by atoms with E-state index in [1.165, 1.54) is 6.33 Å². The third-order valence-electron chi connectivity index (χ3n) is 2.29. The number of aryl methyl sites for hydroxylation is 1. The lowest BCUT2D eigenvalue weighted by Crippen LogP contribution is -2.46. The molecule has 0 radical (unpaired) electrons. The maximum atomic E-state index is 11.5. The van der Waals surface area contributed by atoms with Crippen LogP contribution in [-0.2, 0) is 16.1 Å². The zero-order chi connectivity index (χ0) is 12.0. The van der Waals surface area contributed by atoms with E-state index >= 15 is 0 Å². The molecule has 0 amide bonds. The summed E-state index contributed by atoms with van der Waals surface area (Å²) in [5, 5.41) is 3.97. The molecule has 1 rings (SSSR count). The Kier molecular flexibility index (Phi) is 4.42. The van der Waals surface area contributed by atoms with Crippen molar-refractivity contribution in [1.29, 1.82) is 0 Å². The molecular formula is C10H18N4O2. The molecule has 6 nitrogen and oxygen atoms in total. The summed E-state index contributed by atoms with van der Waals surface area (Å²) in [5.41, 5.74) is 4.95. The van der Waals surface area contributed by atoms with Crippen LogP contribution >= 0.6 is 0 Å². The minimum atomic E-state index is -0.920. The van der Waals surface area contributed by atoms with Crippen molar-refractivity contribution in [2.75, 3.05) is 6.61 Å². The molecule has 0 saturated carbocycles. The Balaban J connectivity index is 2.33. The number of esters is 1. The Morgan fingerprint density at radius 1 is 1.62 bits per heavy atom. The number of nitrogens with zero attached hydrogens (tertiary/aromatic N) is 3. The molecule has 2 N–H and O–H groups in total. The SMILES string of the molecule is CCOC(=O)C(C)(N)CCCn1cncn1. The number of hydrogen-bond acceptors (Lipinski definition) is 5. The van der Waals surface area contributed by atoms with Gasteiger partial charge in [0, 0.05) is 6.54 Å². The van der Waals surface area contributed by atoms with Gasteiger partial charge in [-0.05, 0) is 26.7 Å². The van der Waals surface area contributed by atoms with Gasteiger partial charge in [-0.15, -0.1) is 0 Å². The van der Waals surface area contributed by atoms with Gasteiger partial charge in [0.25, 0.3) is 0 Å². The zero-order valence-corrected chi connectivity index (χ0v) is 9.72. The Morgan fingerprint density at radius 3 is 2.94 bits per heavy atom. The molecule has 0 spiro atoms. The molecule has 1 aromatic heterocycles. The number of carbonyl (C=O) groups excluding carboxylic acids is 1. The fraction of sp³-hybridized carbons (Fsp3) is 0.700. The van der Waals surface area contributed by atoms with Crippen molar-refractivity contribution in [2.45, 2.75) is 38.8 Å². The van der Waals surface area contributed by atoms with Crippen LogP contribution in [0.4, 0.5) is 0 Å². The molecule has 0 bridgehead atoms. The topological polar surface area (TPSA) is 83.0 Å². The average Bonchev–Trinajstić information content (AvgIpc) is 2.70. The van der Waals surface area contributed by atoms with Crippen molar-refractivity contribution in [3.05, 3.63) is 12.7 Å². The van der Waals surface area contributed by atoms with Crippen LogP contribution in [0.3, 0.4) is 0 Å². The van der Waals surface area contributed by atoms with E-state index in [1.807, 2.05) is 0 Å². The third-order valence-corrected chi connectivity index (χ3v) is 2.29. The molecule has 16 heavy (non-hydrogen) atoms. The summed E-state index contributed by atoms with van der Waals surface area (Å²) in [6, 6.07) is 0. The predicted octanol–water partition coefficient (Wildman–Crippen LogP) is 0.339. The summed E-state index contributed by atoms with van der Waals surface area (Å²) in [5.74, 6) is -0.353. The summed E-state index contributed by atoms with van der Waals surface area (Å²) in [6.07, 6.45) is 4.44. The molecule has 0 aromatic carbocycles. The first-order chi connectivity index (χ1) is 7.56. The highest BCUT2D eigenvalue weighted by molar-refractivity contribution is 5.79. The maximum Gasteiger partial charge on any atom is 0.325 e. The van der Waals surface area contributed by atoms with E-state index in [4.69, 9.17) is 10.5 Å². The van der Waals surface area contributed by atoms with Crippen LogP contribution < -0.4 is 5.73 Å². The standard InChI is InChI=1S/C10H18N4O2/c1-3-16-9(15)10(2,11)5-4-6-14-8-12-7-13-14/h7-8H,3-6,11H2,1-2H3. The minimum Gasteiger partial charge on any atom is -0.465 e. The van der Waals surface area contributed by atoms with Crippen molar-refractivity contribution in [3.8, 4) is 0 Å². The van der Waals surface area contributed by atoms with Gasteiger partial charge in [-0.3, -0.25) is 9.48 Å². The number of ether oxygens (including phenoxy) is 1. The van der Waals surface area contributed by atoms with Gasteiger partial charge in [-0.1, -0.05) is 0 Å². The van der Waals surface area contributed by atoms with E-state index < -0.39 is 5.54 Å². The molecule has 0 aliphatic heterocycles. The number of nitrogens with two attached hydrogens (primary N) is 1. The van der Waals surface area contributed by atoms with E-state index in [0.717, 1.165) is 6.42 Å². The Morgan fingerprint density at radius 2 is 2.38 bits per heavy atom. The largest absolute Gasteiger partial charge is 0.465 e. The van der Waals surface area contributed by atoms with Gasteiger partial charge in [0.2, 0.25) is 0 Å². The fourth-order valence-corrected chi connectivity index (χ4v) is 1.35. The van der Waals surface area contributed by atoms with Crippen molar-refractivity contribution in [2.24, 2.45) is 5.73 Å². The molecule has 0 aliphatic carbocycles. The highest BCUT2D eigenvalue weighted by Crippen LogP contribution is 2.11. The van der Waals surface area contributed by atoms with Crippen molar-refractivity contribution >= 4 is 5.97 Å². The summed E-state index contributed by atoms with van der Waals surface area (Å²) < 4.78 is 6.61. The number of hydrogen-bond donors (Lipinski definition) is 1. The molecule has 0 aliphatic rings. The maximum absolute atomic E-state index is 11.5. The average molecular weight is 226 g/mol. The number of rotatable bonds is 6. The summed E-state index contributed by atoms with van der Waals surface area (Å²) in [7, 11) is 0. The lowest BCUT2D eigenvalue weighted by molar-refractivity contribution is -0.149. The van der Waals surface area contributed by atoms with Gasteiger partial charge in [0.05, 0.1) is 6.61 Å². The highest BCUT2D eigenvalue weighted by atomic mass is 16.5. The first-order valence-corrected chi connectivity index (χ1v) is 5.35. The van der Waals surface area contributed by atoms with Crippen LogP contribution in [0, 0.1) is 0 Å². The molecule has 1 aromatic rings. The van der Waals surface area contributed by atoms with Crippen LogP contribution in [0.5, 0.6) is 0 Å². The molecule has 1 atom stereocenters. The lowest BCUT2D eigenvalue weighted by Gasteiger charge is -2.21. The van der Waals surface area contributed by atoms with Crippen molar-refractivity contribution in [3.63, 3.8) is 0 Å². The fourth-order valence-electron chi connectivity index (χ4n) is 1.35. The molecule has 6 heteroatoms. The second-order valence-corrected chi connectivity index (χ2v) is 3.90. The Labute approximate surface area is 94.8 Å². The normalized spacial score (nSPS) is 14.4. The van der Waals surface area contributed by atoms with Crippen LogP contribution in [0.15, 0.2) is 12.7 Å². The first kappa shape index (κ1) is 12.6. The highest BCUT2D eigenvalue weighted by Gasteiger charge is 2.29. The van der Waals surface area contributed by atoms with Crippen LogP contribution in [0.2, 0.25) is 0 Å². The Bertz CT molecular complexity index is 322. The number of carbonyl (C=O) groups is 1. The van der Waals surface area contributed by atoms with E-state index in [9.17, 15) is 4.79 Å². The van der Waals surface area contributed by atoms with Gasteiger partial charge in [-0.2, -0.15) is 5.10 Å². The lowest BCUT2D eigenvalue weighted by atomic mass is 9.97. The van der Waals surface area contributed by atoms with E-state index in [2.05, 4.69) is 10.1 Å². The zero-order valence-electron chi connectivity index (χ0n) is 9.72. The van der Waals surface area contributed by atoms with E-state index in [-0.39, 0.29) is 5.97 Å². The van der Waals surface area contributed by atoms with Gasteiger partial charge in [-0.25, -0.2) is 4.98 Å². The third kappa shape index (κ3) is 3.62. The molecule has 0 saturated heterocycles. The summed E-state index contributed by atoms with van der Waals surface area (Å²) in [6.45, 7) is 4.51. The second-order valence-electron chi connectivity index (χ2n) is 3.90. The number of aromatic nitrogens is 3. The predicted molar refractivity (Wildman–Crippen MR) is 58.5 cm³/mol. The minimum absolute atomic E-state index is 0.353. The Hall–Kier alpha value is -1.43. The molecule has 90 valence electrons. The molecule has 1 unspecified atom stereocenters. The molecule has 0 fully saturated rings. The van der Waals surface area contributed by atoms with Gasteiger partial charge in [0.1, 0.15) is 18.2 Å². The van der Waals surface area contributed by atoms with E-state index in [0.29, 0.717) is 19.6 Å². The molecule has 1 heterocycles. The van der Waals surface area contributed by atoms with Crippen molar-refractivity contribution in [1.82, 2.24) is 14.8 Å². The van der Waals surface area contributed by atoms with Crippen LogP contribution in [0.1, 0.15) is 26.7 Å². The monoisotopic (exact) mass is 226 g/mol. The van der Waals surface area contributed by atoms with Crippen LogP contribution in [0.25, 0.3) is 0 Å². The van der Waals surface area contributed by atoms with Crippen LogP contribution in [-0.4, -0.2) is 32.9 Å². The van der Waals surface area contributed by atoms with E-state index in [1.54, 1.807) is 24.9 Å². The first-order valence-electron chi connectivity index (χ1n) is 5.35. The summed E-state index contributed by atoms with van der Waals surface area (Å²) in [4.78, 5) is 15.3. The van der Waals surface area contributed by atoms with Crippen molar-refractivity contribution < 1.29 is 9.53 Å². The second kappa shape index (κ2) is 5.60. The van der Waals surface area contributed by atoms with Gasteiger partial charge >= 0.3 is 5.97 Å². The quantitative estimate of drug-likeness (QED) is 0.707. The smallest absolute Gasteiger partial charge is 0.325 e. The van der Waals surface area contributed by atoms with Gasteiger partial charge < -0.3 is 10.5 Å². The molecular weight excluding hydrogens is 208 g/mol.